The fourth-order valence-corrected chi connectivity index (χ4v) is 1.33. The van der Waals surface area contributed by atoms with Crippen molar-refractivity contribution in [3.63, 3.8) is 0 Å². The van der Waals surface area contributed by atoms with Crippen LogP contribution in [0, 0.1) is 0 Å². The topological polar surface area (TPSA) is 58.2 Å². The van der Waals surface area contributed by atoms with Crippen LogP contribution in [0.4, 0.5) is 0 Å². The van der Waals surface area contributed by atoms with E-state index in [4.69, 9.17) is 0 Å². The van der Waals surface area contributed by atoms with Gasteiger partial charge >= 0.3 is 0 Å². The molecule has 0 saturated heterocycles. The minimum absolute atomic E-state index is 0. The average Bonchev–Trinajstić information content (AvgIpc) is 2.01. The third-order valence-electron chi connectivity index (χ3n) is 1.62. The first-order chi connectivity index (χ1) is 6.95. The number of amides is 2. The summed E-state index contributed by atoms with van der Waals surface area (Å²) in [7, 11) is 0. The molecule has 0 aromatic carbocycles. The Kier molecular flexibility index (Phi) is 8.43. The maximum Gasteiger partial charge on any atom is 0.264 e. The Morgan fingerprint density at radius 1 is 1.06 bits per heavy atom. The summed E-state index contributed by atoms with van der Waals surface area (Å²) in [6.45, 7) is 10.7. The fourth-order valence-electron chi connectivity index (χ4n) is 1.33. The molecule has 0 unspecified atom stereocenters. The lowest BCUT2D eigenvalue weighted by molar-refractivity contribution is -0.983. The average molecular weight is 248 g/mol. The van der Waals surface area contributed by atoms with Gasteiger partial charge in [0.2, 0.25) is 0 Å². The Labute approximate surface area is 102 Å². The lowest BCUT2D eigenvalue weighted by Gasteiger charge is -2.33. The van der Waals surface area contributed by atoms with Crippen molar-refractivity contribution in [2.45, 2.75) is 13.8 Å². The van der Waals surface area contributed by atoms with E-state index < -0.39 is 0 Å². The van der Waals surface area contributed by atoms with Gasteiger partial charge in [-0.1, -0.05) is 13.2 Å². The van der Waals surface area contributed by atoms with Crippen LogP contribution in [0.25, 0.3) is 0 Å². The Hall–Kier alpha value is -1.33. The van der Waals surface area contributed by atoms with Crippen LogP contribution >= 0.6 is 0 Å². The van der Waals surface area contributed by atoms with E-state index in [1.807, 2.05) is 0 Å². The van der Waals surface area contributed by atoms with Crippen LogP contribution in [0.1, 0.15) is 13.8 Å². The van der Waals surface area contributed by atoms with Gasteiger partial charge in [0.15, 0.2) is 0 Å². The second kappa shape index (κ2) is 7.90. The molecule has 0 aliphatic rings. The van der Waals surface area contributed by atoms with Crippen molar-refractivity contribution >= 4 is 11.8 Å². The van der Waals surface area contributed by atoms with Gasteiger partial charge < -0.3 is 12.4 Å². The van der Waals surface area contributed by atoms with Crippen molar-refractivity contribution in [1.82, 2.24) is 10.9 Å². The normalized spacial score (nSPS) is 9.62. The third-order valence-corrected chi connectivity index (χ3v) is 1.62. The van der Waals surface area contributed by atoms with Crippen LogP contribution in [0.5, 0.6) is 0 Å². The number of nitrogens with zero attached hydrogens (tertiary/aromatic N) is 1. The van der Waals surface area contributed by atoms with Crippen molar-refractivity contribution in [2.24, 2.45) is 0 Å². The zero-order valence-electron chi connectivity index (χ0n) is 9.62. The van der Waals surface area contributed by atoms with Crippen molar-refractivity contribution in [3.05, 3.63) is 25.3 Å². The highest BCUT2D eigenvalue weighted by atomic mass is 35.5. The molecule has 0 bridgehead atoms. The van der Waals surface area contributed by atoms with E-state index in [1.54, 1.807) is 12.2 Å². The zero-order chi connectivity index (χ0) is 11.9. The minimum atomic E-state index is -0.229. The summed E-state index contributed by atoms with van der Waals surface area (Å²) in [5, 5.41) is 0. The monoisotopic (exact) mass is 247 g/mol. The summed E-state index contributed by atoms with van der Waals surface area (Å²) in [6, 6.07) is 0. The van der Waals surface area contributed by atoms with E-state index in [2.05, 4.69) is 24.0 Å². The van der Waals surface area contributed by atoms with Gasteiger partial charge in [0.05, 0.1) is 0 Å². The highest BCUT2D eigenvalue weighted by molar-refractivity contribution is 5.73. The smallest absolute Gasteiger partial charge is 0.264 e. The number of carbonyl (C=O) groups excluding carboxylic acids is 2. The van der Waals surface area contributed by atoms with Gasteiger partial charge in [0, 0.05) is 13.8 Å². The standard InChI is InChI=1S/C10H17N3O2.ClH/c1-5-7-13(8-6-2,11-9(3)14)12-10(4)15;/h5-6H,1-2,7-8H2,3-4H3,(H-,11,12,14,15);1H. The molecule has 6 heteroatoms. The van der Waals surface area contributed by atoms with Gasteiger partial charge in [0.1, 0.15) is 13.1 Å². The minimum Gasteiger partial charge on any atom is -1.00 e. The van der Waals surface area contributed by atoms with E-state index in [9.17, 15) is 9.59 Å². The molecule has 16 heavy (non-hydrogen) atoms. The molecule has 0 saturated carbocycles. The summed E-state index contributed by atoms with van der Waals surface area (Å²) in [5.74, 6) is -0.458. The number of quaternary nitrogens is 1. The van der Waals surface area contributed by atoms with Crippen molar-refractivity contribution in [2.75, 3.05) is 13.1 Å². The Morgan fingerprint density at radius 2 is 1.38 bits per heavy atom. The number of rotatable bonds is 6. The van der Waals surface area contributed by atoms with Crippen LogP contribution in [0.15, 0.2) is 25.3 Å². The summed E-state index contributed by atoms with van der Waals surface area (Å²) < 4.78 is -0.0856. The molecule has 5 nitrogen and oxygen atoms in total. The first-order valence-corrected chi connectivity index (χ1v) is 4.62. The Morgan fingerprint density at radius 3 is 1.56 bits per heavy atom. The largest absolute Gasteiger partial charge is 1.00 e. The highest BCUT2D eigenvalue weighted by Gasteiger charge is 2.28. The first kappa shape index (κ1) is 17.1. The van der Waals surface area contributed by atoms with E-state index in [1.165, 1.54) is 13.8 Å². The quantitative estimate of drug-likeness (QED) is 0.305. The van der Waals surface area contributed by atoms with Crippen molar-refractivity contribution in [3.8, 4) is 0 Å². The number of halogens is 1. The molecule has 0 aliphatic carbocycles. The molecule has 0 heterocycles. The Bertz CT molecular complexity index is 251. The molecule has 2 amide bonds. The molecule has 0 aromatic rings. The van der Waals surface area contributed by atoms with Gasteiger partial charge in [-0.25, -0.2) is 0 Å². The molecule has 0 fully saturated rings. The second-order valence-electron chi connectivity index (χ2n) is 3.25. The molecular formula is C10H18ClN3O2. The van der Waals surface area contributed by atoms with Crippen LogP contribution in [0.3, 0.4) is 0 Å². The van der Waals surface area contributed by atoms with Crippen molar-refractivity contribution < 1.29 is 26.7 Å². The maximum absolute atomic E-state index is 11.0. The van der Waals surface area contributed by atoms with E-state index in [0.717, 1.165) is 0 Å². The lowest BCUT2D eigenvalue weighted by atomic mass is 10.5. The second-order valence-corrected chi connectivity index (χ2v) is 3.25. The summed E-state index contributed by atoms with van der Waals surface area (Å²) in [5.41, 5.74) is 5.30. The SMILES string of the molecule is C=CC[N+](CC=C)(NC(C)=O)NC(C)=O.[Cl-]. The molecule has 0 atom stereocenters. The predicted octanol–water partition coefficient (Wildman–Crippen LogP) is -2.72. The van der Waals surface area contributed by atoms with Gasteiger partial charge in [-0.2, -0.15) is 10.9 Å². The molecular weight excluding hydrogens is 230 g/mol. The summed E-state index contributed by atoms with van der Waals surface area (Å²) in [6.07, 6.45) is 3.24. The van der Waals surface area contributed by atoms with Crippen LogP contribution in [-0.2, 0) is 9.59 Å². The van der Waals surface area contributed by atoms with E-state index >= 15 is 0 Å². The van der Waals surface area contributed by atoms with Crippen LogP contribution in [-0.4, -0.2) is 29.6 Å². The molecule has 2 N–H and O–H groups in total. The molecule has 0 radical (unpaired) electrons. The number of hydrogen-bond acceptors (Lipinski definition) is 2. The van der Waals surface area contributed by atoms with Crippen LogP contribution in [0.2, 0.25) is 0 Å². The van der Waals surface area contributed by atoms with Gasteiger partial charge in [0.25, 0.3) is 11.8 Å². The van der Waals surface area contributed by atoms with E-state index in [-0.39, 0.29) is 28.9 Å². The lowest BCUT2D eigenvalue weighted by Crippen LogP contribution is -3.00. The van der Waals surface area contributed by atoms with Crippen molar-refractivity contribution in [1.29, 1.82) is 0 Å². The maximum atomic E-state index is 11.0. The Balaban J connectivity index is 0. The van der Waals surface area contributed by atoms with Gasteiger partial charge in [-0.05, 0) is 12.2 Å². The van der Waals surface area contributed by atoms with Gasteiger partial charge in [-0.3, -0.25) is 9.59 Å². The highest BCUT2D eigenvalue weighted by Crippen LogP contribution is 1.98. The third kappa shape index (κ3) is 6.21. The molecule has 0 aliphatic heterocycles. The van der Waals surface area contributed by atoms with Crippen LogP contribution < -0.4 is 23.3 Å². The summed E-state index contributed by atoms with van der Waals surface area (Å²) >= 11 is 0. The molecule has 0 rings (SSSR count). The predicted molar refractivity (Wildman–Crippen MR) is 58.0 cm³/mol. The zero-order valence-corrected chi connectivity index (χ0v) is 10.4. The molecule has 92 valence electrons. The molecule has 0 aromatic heterocycles. The number of hydrogen-bond donors (Lipinski definition) is 2. The van der Waals surface area contributed by atoms with E-state index in [0.29, 0.717) is 13.1 Å². The summed E-state index contributed by atoms with van der Waals surface area (Å²) in [4.78, 5) is 22.1. The number of carbonyl (C=O) groups is 2. The van der Waals surface area contributed by atoms with Gasteiger partial charge in [-0.15, -0.1) is 4.70 Å². The first-order valence-electron chi connectivity index (χ1n) is 4.62. The fraction of sp³-hybridized carbons (Fsp3) is 0.400. The molecule has 0 spiro atoms. The number of nitrogens with one attached hydrogen (secondary N) is 2.